The van der Waals surface area contributed by atoms with E-state index in [0.29, 0.717) is 12.0 Å². The highest BCUT2D eigenvalue weighted by Crippen LogP contribution is 2.28. The van der Waals surface area contributed by atoms with Crippen molar-refractivity contribution < 1.29 is 0 Å². The lowest BCUT2D eigenvalue weighted by Gasteiger charge is -2.30. The lowest BCUT2D eigenvalue weighted by molar-refractivity contribution is 0.179. The maximum atomic E-state index is 4.83. The van der Waals surface area contributed by atoms with Crippen molar-refractivity contribution in [2.24, 2.45) is 16.8 Å². The molecule has 2 atom stereocenters. The highest BCUT2D eigenvalue weighted by Gasteiger charge is 2.33. The zero-order chi connectivity index (χ0) is 16.9. The normalized spacial score (nSPS) is 24.7. The molecule has 0 radical (unpaired) electrons. The third-order valence-corrected chi connectivity index (χ3v) is 5.87. The van der Waals surface area contributed by atoms with Crippen LogP contribution >= 0.6 is 35.3 Å². The summed E-state index contributed by atoms with van der Waals surface area (Å²) in [6.45, 7) is 11.7. The summed E-state index contributed by atoms with van der Waals surface area (Å²) in [5.41, 5.74) is 1.23. The molecule has 0 aromatic carbocycles. The molecule has 5 nitrogen and oxygen atoms in total. The fraction of sp³-hybridized carbons (Fsp3) is 0.778. The monoisotopic (exact) mass is 477 g/mol. The Bertz CT molecular complexity index is 553. The van der Waals surface area contributed by atoms with E-state index in [4.69, 9.17) is 4.99 Å². The molecule has 2 unspecified atom stereocenters. The molecule has 3 rings (SSSR count). The summed E-state index contributed by atoms with van der Waals surface area (Å²) in [4.78, 5) is 11.9. The summed E-state index contributed by atoms with van der Waals surface area (Å²) in [6.07, 6.45) is 3.76. The molecule has 142 valence electrons. The molecule has 2 heterocycles. The van der Waals surface area contributed by atoms with Crippen molar-refractivity contribution in [3.05, 3.63) is 16.1 Å². The standard InChI is InChI=1S/C18H31N5S.HI/c1-4-19-18(22-17-9-13(17)2)20-10-15-5-7-23(8-6-15)11-16-12-24-14(3)21-16;/h12-13,15,17H,4-11H2,1-3H3,(H2,19,20,22);1H. The van der Waals surface area contributed by atoms with Crippen LogP contribution in [0.2, 0.25) is 0 Å². The highest BCUT2D eigenvalue weighted by molar-refractivity contribution is 14.0. The van der Waals surface area contributed by atoms with E-state index in [-0.39, 0.29) is 24.0 Å². The van der Waals surface area contributed by atoms with Gasteiger partial charge in [0.1, 0.15) is 0 Å². The molecular weight excluding hydrogens is 445 g/mol. The number of aliphatic imine (C=N–C) groups is 1. The number of halogens is 1. The molecule has 1 aliphatic heterocycles. The summed E-state index contributed by atoms with van der Waals surface area (Å²) in [7, 11) is 0. The highest BCUT2D eigenvalue weighted by atomic mass is 127. The Labute approximate surface area is 173 Å². The fourth-order valence-corrected chi connectivity index (χ4v) is 3.88. The molecule has 25 heavy (non-hydrogen) atoms. The van der Waals surface area contributed by atoms with Gasteiger partial charge in [0.25, 0.3) is 0 Å². The first kappa shape index (κ1) is 20.9. The van der Waals surface area contributed by atoms with Crippen LogP contribution in [0.25, 0.3) is 0 Å². The van der Waals surface area contributed by atoms with Crippen LogP contribution < -0.4 is 10.6 Å². The van der Waals surface area contributed by atoms with Gasteiger partial charge in [-0.1, -0.05) is 6.92 Å². The number of guanidine groups is 1. The molecule has 1 saturated heterocycles. The average molecular weight is 477 g/mol. The predicted octanol–water partition coefficient (Wildman–Crippen LogP) is 3.25. The number of nitrogens with one attached hydrogen (secondary N) is 2. The number of rotatable bonds is 6. The van der Waals surface area contributed by atoms with Gasteiger partial charge in [-0.3, -0.25) is 9.89 Å². The molecular formula is C18H32IN5S. The number of aryl methyl sites for hydroxylation is 1. The smallest absolute Gasteiger partial charge is 0.191 e. The number of nitrogens with zero attached hydrogens (tertiary/aromatic N) is 3. The lowest BCUT2D eigenvalue weighted by Crippen LogP contribution is -2.40. The number of likely N-dealkylation sites (tertiary alicyclic amines) is 1. The Morgan fingerprint density at radius 3 is 2.68 bits per heavy atom. The zero-order valence-corrected chi connectivity index (χ0v) is 18.8. The summed E-state index contributed by atoms with van der Waals surface area (Å²) < 4.78 is 0. The maximum Gasteiger partial charge on any atom is 0.191 e. The first-order valence-corrected chi connectivity index (χ1v) is 10.2. The van der Waals surface area contributed by atoms with Crippen LogP contribution in [0.15, 0.2) is 10.4 Å². The largest absolute Gasteiger partial charge is 0.357 e. The Kier molecular flexibility index (Phi) is 8.41. The molecule has 0 bridgehead atoms. The van der Waals surface area contributed by atoms with Crippen LogP contribution in [-0.4, -0.2) is 48.1 Å². The van der Waals surface area contributed by atoms with E-state index in [9.17, 15) is 0 Å². The molecule has 0 spiro atoms. The van der Waals surface area contributed by atoms with Crippen LogP contribution in [0.4, 0.5) is 0 Å². The van der Waals surface area contributed by atoms with Gasteiger partial charge < -0.3 is 10.6 Å². The van der Waals surface area contributed by atoms with Gasteiger partial charge in [0, 0.05) is 31.1 Å². The first-order chi connectivity index (χ1) is 11.6. The average Bonchev–Trinajstić information content (AvgIpc) is 3.10. The van der Waals surface area contributed by atoms with Crippen molar-refractivity contribution >= 4 is 41.3 Å². The van der Waals surface area contributed by atoms with E-state index in [1.165, 1.54) is 43.1 Å². The summed E-state index contributed by atoms with van der Waals surface area (Å²) in [6, 6.07) is 0.631. The number of aromatic nitrogens is 1. The van der Waals surface area contributed by atoms with Crippen molar-refractivity contribution in [1.82, 2.24) is 20.5 Å². The van der Waals surface area contributed by atoms with E-state index >= 15 is 0 Å². The third kappa shape index (κ3) is 6.67. The summed E-state index contributed by atoms with van der Waals surface area (Å²) in [5, 5.41) is 10.3. The number of thiazole rings is 1. The van der Waals surface area contributed by atoms with Gasteiger partial charge in [0.2, 0.25) is 0 Å². The molecule has 2 aliphatic rings. The molecule has 1 aliphatic carbocycles. The van der Waals surface area contributed by atoms with Gasteiger partial charge in [-0.05, 0) is 58.0 Å². The minimum Gasteiger partial charge on any atom is -0.357 e. The minimum atomic E-state index is 0. The van der Waals surface area contributed by atoms with E-state index < -0.39 is 0 Å². The lowest BCUT2D eigenvalue weighted by atomic mass is 9.97. The topological polar surface area (TPSA) is 52.6 Å². The summed E-state index contributed by atoms with van der Waals surface area (Å²) in [5.74, 6) is 2.52. The van der Waals surface area contributed by atoms with Crippen molar-refractivity contribution in [2.75, 3.05) is 26.2 Å². The predicted molar refractivity (Wildman–Crippen MR) is 117 cm³/mol. The number of piperidine rings is 1. The van der Waals surface area contributed by atoms with Crippen molar-refractivity contribution in [2.45, 2.75) is 52.6 Å². The molecule has 2 fully saturated rings. The van der Waals surface area contributed by atoms with Crippen LogP contribution in [0.5, 0.6) is 0 Å². The molecule has 2 N–H and O–H groups in total. The van der Waals surface area contributed by atoms with Gasteiger partial charge in [-0.15, -0.1) is 35.3 Å². The van der Waals surface area contributed by atoms with E-state index in [0.717, 1.165) is 31.5 Å². The van der Waals surface area contributed by atoms with Crippen molar-refractivity contribution in [3.8, 4) is 0 Å². The SMILES string of the molecule is CCNC(=NCC1CCN(Cc2csc(C)n2)CC1)NC1CC1C.I. The van der Waals surface area contributed by atoms with E-state index in [1.807, 2.05) is 0 Å². The maximum absolute atomic E-state index is 4.83. The van der Waals surface area contributed by atoms with E-state index in [1.54, 1.807) is 11.3 Å². The van der Waals surface area contributed by atoms with Crippen molar-refractivity contribution in [1.29, 1.82) is 0 Å². The Hall–Kier alpha value is -0.410. The quantitative estimate of drug-likeness (QED) is 0.375. The third-order valence-electron chi connectivity index (χ3n) is 5.04. The van der Waals surface area contributed by atoms with Crippen LogP contribution in [0.1, 0.15) is 43.8 Å². The van der Waals surface area contributed by atoms with Crippen LogP contribution in [-0.2, 0) is 6.54 Å². The minimum absolute atomic E-state index is 0. The Morgan fingerprint density at radius 1 is 1.40 bits per heavy atom. The first-order valence-electron chi connectivity index (χ1n) is 9.32. The second kappa shape index (κ2) is 10.1. The molecule has 1 aromatic heterocycles. The Morgan fingerprint density at radius 2 is 2.12 bits per heavy atom. The fourth-order valence-electron chi connectivity index (χ4n) is 3.28. The number of hydrogen-bond donors (Lipinski definition) is 2. The molecule has 0 amide bonds. The van der Waals surface area contributed by atoms with Gasteiger partial charge in [-0.2, -0.15) is 0 Å². The molecule has 7 heteroatoms. The van der Waals surface area contributed by atoms with Gasteiger partial charge in [-0.25, -0.2) is 4.98 Å². The van der Waals surface area contributed by atoms with Gasteiger partial charge in [0.05, 0.1) is 10.7 Å². The van der Waals surface area contributed by atoms with Gasteiger partial charge in [0.15, 0.2) is 5.96 Å². The second-order valence-corrected chi connectivity index (χ2v) is 8.32. The van der Waals surface area contributed by atoms with Crippen molar-refractivity contribution in [3.63, 3.8) is 0 Å². The van der Waals surface area contributed by atoms with Crippen LogP contribution in [0.3, 0.4) is 0 Å². The van der Waals surface area contributed by atoms with E-state index in [2.05, 4.69) is 46.7 Å². The number of hydrogen-bond acceptors (Lipinski definition) is 4. The summed E-state index contributed by atoms with van der Waals surface area (Å²) >= 11 is 1.75. The van der Waals surface area contributed by atoms with Gasteiger partial charge >= 0.3 is 0 Å². The zero-order valence-electron chi connectivity index (χ0n) is 15.6. The van der Waals surface area contributed by atoms with Crippen LogP contribution in [0, 0.1) is 18.8 Å². The molecule has 1 saturated carbocycles. The Balaban J connectivity index is 0.00000225. The molecule has 1 aromatic rings. The second-order valence-electron chi connectivity index (χ2n) is 7.26.